The van der Waals surface area contributed by atoms with Crippen LogP contribution in [0.1, 0.15) is 23.2 Å². The van der Waals surface area contributed by atoms with Gasteiger partial charge in [0.15, 0.2) is 0 Å². The normalized spacial score (nSPS) is 17.7. The van der Waals surface area contributed by atoms with Crippen molar-refractivity contribution in [1.29, 1.82) is 0 Å². The Morgan fingerprint density at radius 1 is 1.52 bits per heavy atom. The number of ether oxygens (including phenoxy) is 3. The van der Waals surface area contributed by atoms with Gasteiger partial charge in [-0.3, -0.25) is 4.79 Å². The minimum absolute atomic E-state index is 0.126. The maximum atomic E-state index is 11.9. The lowest BCUT2D eigenvalue weighted by Crippen LogP contribution is -2.26. The van der Waals surface area contributed by atoms with E-state index < -0.39 is 0 Å². The standard InChI is InChI=1S/C15H20BrNO4/c1-19-8-6-17-15(18)11-4-5-14(13(16)9-11)21-10-12-3-2-7-20-12/h4-5,9,12H,2-3,6-8,10H2,1H3,(H,17,18). The summed E-state index contributed by atoms with van der Waals surface area (Å²) in [6, 6.07) is 5.30. The lowest BCUT2D eigenvalue weighted by atomic mass is 10.2. The topological polar surface area (TPSA) is 56.8 Å². The molecule has 21 heavy (non-hydrogen) atoms. The summed E-state index contributed by atoms with van der Waals surface area (Å²) < 4.78 is 16.9. The Bertz CT molecular complexity index is 475. The van der Waals surface area contributed by atoms with Crippen molar-refractivity contribution in [3.8, 4) is 5.75 Å². The molecule has 5 nitrogen and oxygen atoms in total. The molecule has 1 fully saturated rings. The van der Waals surface area contributed by atoms with Crippen LogP contribution in [0.5, 0.6) is 5.75 Å². The van der Waals surface area contributed by atoms with Gasteiger partial charge < -0.3 is 19.5 Å². The van der Waals surface area contributed by atoms with Gasteiger partial charge in [-0.15, -0.1) is 0 Å². The van der Waals surface area contributed by atoms with E-state index in [1.807, 2.05) is 0 Å². The molecule has 0 aromatic heterocycles. The number of carbonyl (C=O) groups excluding carboxylic acids is 1. The monoisotopic (exact) mass is 357 g/mol. The van der Waals surface area contributed by atoms with Gasteiger partial charge in [0, 0.05) is 25.8 Å². The predicted octanol–water partition coefficient (Wildman–Crippen LogP) is 2.38. The SMILES string of the molecule is COCCNC(=O)c1ccc(OCC2CCCO2)c(Br)c1. The van der Waals surface area contributed by atoms with E-state index in [0.29, 0.717) is 25.3 Å². The van der Waals surface area contributed by atoms with Gasteiger partial charge >= 0.3 is 0 Å². The molecule has 0 saturated carbocycles. The molecule has 0 aliphatic carbocycles. The molecule has 1 aliphatic rings. The molecule has 0 radical (unpaired) electrons. The van der Waals surface area contributed by atoms with Crippen LogP contribution in [0.25, 0.3) is 0 Å². The van der Waals surface area contributed by atoms with Crippen LogP contribution in [0.4, 0.5) is 0 Å². The maximum absolute atomic E-state index is 11.9. The minimum Gasteiger partial charge on any atom is -0.490 e. The first-order chi connectivity index (χ1) is 10.2. The Balaban J connectivity index is 1.88. The van der Waals surface area contributed by atoms with E-state index in [-0.39, 0.29) is 12.0 Å². The molecule has 2 rings (SSSR count). The number of amides is 1. The van der Waals surface area contributed by atoms with Crippen LogP contribution in [-0.2, 0) is 9.47 Å². The molecule has 1 amide bonds. The molecule has 116 valence electrons. The maximum Gasteiger partial charge on any atom is 0.251 e. The predicted molar refractivity (Wildman–Crippen MR) is 82.8 cm³/mol. The highest BCUT2D eigenvalue weighted by molar-refractivity contribution is 9.10. The fourth-order valence-electron chi connectivity index (χ4n) is 2.09. The van der Waals surface area contributed by atoms with Crippen LogP contribution >= 0.6 is 15.9 Å². The Morgan fingerprint density at radius 2 is 2.38 bits per heavy atom. The minimum atomic E-state index is -0.126. The van der Waals surface area contributed by atoms with Crippen LogP contribution < -0.4 is 10.1 Å². The van der Waals surface area contributed by atoms with E-state index in [1.165, 1.54) is 0 Å². The first-order valence-corrected chi connectivity index (χ1v) is 7.81. The van der Waals surface area contributed by atoms with Crippen molar-refractivity contribution in [3.05, 3.63) is 28.2 Å². The zero-order chi connectivity index (χ0) is 15.1. The molecule has 1 atom stereocenters. The number of methoxy groups -OCH3 is 1. The summed E-state index contributed by atoms with van der Waals surface area (Å²) in [5.74, 6) is 0.595. The quantitative estimate of drug-likeness (QED) is 0.761. The summed E-state index contributed by atoms with van der Waals surface area (Å²) in [5, 5.41) is 2.78. The van der Waals surface area contributed by atoms with Crippen molar-refractivity contribution < 1.29 is 19.0 Å². The molecule has 1 heterocycles. The molecule has 1 saturated heterocycles. The molecular weight excluding hydrogens is 338 g/mol. The molecule has 1 N–H and O–H groups in total. The van der Waals surface area contributed by atoms with Crippen LogP contribution in [0.15, 0.2) is 22.7 Å². The van der Waals surface area contributed by atoms with Gasteiger partial charge in [-0.05, 0) is 47.0 Å². The second-order valence-corrected chi connectivity index (χ2v) is 5.69. The number of carbonyl (C=O) groups is 1. The van der Waals surface area contributed by atoms with Crippen LogP contribution in [-0.4, -0.2) is 45.5 Å². The number of benzene rings is 1. The molecular formula is C15H20BrNO4. The molecule has 1 aliphatic heterocycles. The zero-order valence-corrected chi connectivity index (χ0v) is 13.6. The van der Waals surface area contributed by atoms with Crippen molar-refractivity contribution in [2.75, 3.05) is 33.5 Å². The molecule has 0 bridgehead atoms. The van der Waals surface area contributed by atoms with E-state index >= 15 is 0 Å². The van der Waals surface area contributed by atoms with Gasteiger partial charge in [-0.2, -0.15) is 0 Å². The molecule has 1 unspecified atom stereocenters. The first-order valence-electron chi connectivity index (χ1n) is 7.02. The zero-order valence-electron chi connectivity index (χ0n) is 12.1. The molecule has 1 aromatic rings. The number of hydrogen-bond donors (Lipinski definition) is 1. The van der Waals surface area contributed by atoms with Crippen molar-refractivity contribution in [2.45, 2.75) is 18.9 Å². The highest BCUT2D eigenvalue weighted by Crippen LogP contribution is 2.27. The fourth-order valence-corrected chi connectivity index (χ4v) is 2.58. The summed E-state index contributed by atoms with van der Waals surface area (Å²) in [4.78, 5) is 11.9. The van der Waals surface area contributed by atoms with E-state index in [1.54, 1.807) is 25.3 Å². The summed E-state index contributed by atoms with van der Waals surface area (Å²) in [6.07, 6.45) is 2.31. The second kappa shape index (κ2) is 8.36. The van der Waals surface area contributed by atoms with E-state index in [0.717, 1.165) is 29.7 Å². The second-order valence-electron chi connectivity index (χ2n) is 4.84. The highest BCUT2D eigenvalue weighted by atomic mass is 79.9. The Hall–Kier alpha value is -1.11. The van der Waals surface area contributed by atoms with Crippen molar-refractivity contribution in [2.24, 2.45) is 0 Å². The average molecular weight is 358 g/mol. The third-order valence-corrected chi connectivity index (χ3v) is 3.85. The smallest absolute Gasteiger partial charge is 0.251 e. The molecule has 1 aromatic carbocycles. The van der Waals surface area contributed by atoms with Gasteiger partial charge in [-0.1, -0.05) is 0 Å². The van der Waals surface area contributed by atoms with E-state index in [9.17, 15) is 4.79 Å². The summed E-state index contributed by atoms with van der Waals surface area (Å²) in [5.41, 5.74) is 0.586. The molecule has 0 spiro atoms. The number of rotatable bonds is 7. The average Bonchev–Trinajstić information content (AvgIpc) is 2.99. The Kier molecular flexibility index (Phi) is 6.48. The summed E-state index contributed by atoms with van der Waals surface area (Å²) in [7, 11) is 1.60. The van der Waals surface area contributed by atoms with Gasteiger partial charge in [0.1, 0.15) is 12.4 Å². The van der Waals surface area contributed by atoms with Gasteiger partial charge in [-0.25, -0.2) is 0 Å². The largest absolute Gasteiger partial charge is 0.490 e. The number of nitrogens with one attached hydrogen (secondary N) is 1. The number of hydrogen-bond acceptors (Lipinski definition) is 4. The summed E-state index contributed by atoms with van der Waals surface area (Å²) >= 11 is 3.44. The lowest BCUT2D eigenvalue weighted by molar-refractivity contribution is 0.0677. The Morgan fingerprint density at radius 3 is 3.05 bits per heavy atom. The van der Waals surface area contributed by atoms with E-state index in [2.05, 4.69) is 21.2 Å². The van der Waals surface area contributed by atoms with Crippen LogP contribution in [0.3, 0.4) is 0 Å². The van der Waals surface area contributed by atoms with Gasteiger partial charge in [0.25, 0.3) is 5.91 Å². The van der Waals surface area contributed by atoms with Crippen LogP contribution in [0, 0.1) is 0 Å². The van der Waals surface area contributed by atoms with Gasteiger partial charge in [0.2, 0.25) is 0 Å². The third-order valence-electron chi connectivity index (χ3n) is 3.23. The highest BCUT2D eigenvalue weighted by Gasteiger charge is 2.17. The third kappa shape index (κ3) is 4.98. The molecule has 6 heteroatoms. The lowest BCUT2D eigenvalue weighted by Gasteiger charge is -2.13. The van der Waals surface area contributed by atoms with Crippen LogP contribution in [0.2, 0.25) is 0 Å². The van der Waals surface area contributed by atoms with Crippen molar-refractivity contribution in [1.82, 2.24) is 5.32 Å². The van der Waals surface area contributed by atoms with Crippen molar-refractivity contribution >= 4 is 21.8 Å². The summed E-state index contributed by atoms with van der Waals surface area (Å²) in [6.45, 7) is 2.34. The first kappa shape index (κ1) is 16.3. The van der Waals surface area contributed by atoms with Gasteiger partial charge in [0.05, 0.1) is 17.2 Å². The number of halogens is 1. The fraction of sp³-hybridized carbons (Fsp3) is 0.533. The van der Waals surface area contributed by atoms with E-state index in [4.69, 9.17) is 14.2 Å². The Labute approximate surface area is 133 Å². The van der Waals surface area contributed by atoms with Crippen molar-refractivity contribution in [3.63, 3.8) is 0 Å².